The highest BCUT2D eigenvalue weighted by Gasteiger charge is 2.54. The van der Waals surface area contributed by atoms with Crippen LogP contribution in [0.1, 0.15) is 54.7 Å². The Labute approximate surface area is 184 Å². The molecule has 0 spiro atoms. The maximum Gasteiger partial charge on any atom is 0.270 e. The number of hydrogen-bond donors (Lipinski definition) is 2. The number of fused-ring (bicyclic) bond motifs is 2. The van der Waals surface area contributed by atoms with Crippen molar-refractivity contribution in [1.29, 1.82) is 0 Å². The van der Waals surface area contributed by atoms with E-state index in [2.05, 4.69) is 32.9 Å². The minimum absolute atomic E-state index is 0.0495. The third-order valence-corrected chi connectivity index (χ3v) is 7.57. The molecule has 160 valence electrons. The molecule has 0 aliphatic heterocycles. The van der Waals surface area contributed by atoms with E-state index in [9.17, 15) is 4.79 Å². The number of aryl methyl sites for hydroxylation is 1. The molecule has 2 aromatic heterocycles. The number of nitrogens with zero attached hydrogens (tertiary/aromatic N) is 2. The average Bonchev–Trinajstić information content (AvgIpc) is 2.95. The maximum absolute atomic E-state index is 12.7. The average molecular weight is 415 g/mol. The number of hydrogen-bond acceptors (Lipinski definition) is 4. The molecule has 2 aromatic rings. The van der Waals surface area contributed by atoms with Crippen molar-refractivity contribution in [2.24, 2.45) is 23.2 Å². The second-order valence-electron chi connectivity index (χ2n) is 9.71. The Hall–Kier alpha value is -2.91. The minimum atomic E-state index is -0.0495. The summed E-state index contributed by atoms with van der Waals surface area (Å²) in [6.07, 6.45) is 8.50. The summed E-state index contributed by atoms with van der Waals surface area (Å²) in [6.45, 7) is 6.04. The van der Waals surface area contributed by atoms with Crippen LogP contribution in [0.3, 0.4) is 0 Å². The molecule has 5 rings (SSSR count). The van der Waals surface area contributed by atoms with Gasteiger partial charge in [-0.25, -0.2) is 4.98 Å². The highest BCUT2D eigenvalue weighted by Crippen LogP contribution is 2.62. The van der Waals surface area contributed by atoms with Gasteiger partial charge in [0.15, 0.2) is 0 Å². The lowest BCUT2D eigenvalue weighted by molar-refractivity contribution is 0.0913. The van der Waals surface area contributed by atoms with Gasteiger partial charge in [0.1, 0.15) is 11.5 Å². The molecule has 5 unspecified atom stereocenters. The molecule has 0 radical (unpaired) electrons. The first kappa shape index (κ1) is 20.0. The highest BCUT2D eigenvalue weighted by molar-refractivity contribution is 5.92. The first-order valence-corrected chi connectivity index (χ1v) is 11.4. The van der Waals surface area contributed by atoms with Crippen molar-refractivity contribution in [2.75, 3.05) is 5.32 Å². The molecular formula is C26H30N4O. The predicted octanol–water partition coefficient (Wildman–Crippen LogP) is 4.88. The van der Waals surface area contributed by atoms with Gasteiger partial charge in [0.2, 0.25) is 0 Å². The van der Waals surface area contributed by atoms with Gasteiger partial charge < -0.3 is 10.6 Å². The zero-order valence-corrected chi connectivity index (χ0v) is 18.1. The number of amides is 1. The van der Waals surface area contributed by atoms with Gasteiger partial charge in [-0.2, -0.15) is 0 Å². The van der Waals surface area contributed by atoms with E-state index < -0.39 is 0 Å². The zero-order valence-electron chi connectivity index (χ0n) is 18.1. The molecule has 1 amide bonds. The summed E-state index contributed by atoms with van der Waals surface area (Å²) in [7, 11) is 0. The van der Waals surface area contributed by atoms with Crippen molar-refractivity contribution in [3.8, 4) is 0 Å². The van der Waals surface area contributed by atoms with Gasteiger partial charge in [-0.1, -0.05) is 18.7 Å². The van der Waals surface area contributed by atoms with Crippen LogP contribution in [0.25, 0.3) is 0 Å². The molecule has 0 saturated heterocycles. The van der Waals surface area contributed by atoms with Crippen LogP contribution in [-0.2, 0) is 0 Å². The summed E-state index contributed by atoms with van der Waals surface area (Å²) in [5.41, 5.74) is 5.98. The summed E-state index contributed by atoms with van der Waals surface area (Å²) in [5.74, 6) is 2.77. The Morgan fingerprint density at radius 2 is 1.94 bits per heavy atom. The smallest absolute Gasteiger partial charge is 0.270 e. The van der Waals surface area contributed by atoms with Crippen molar-refractivity contribution in [2.45, 2.75) is 51.5 Å². The number of rotatable bonds is 5. The summed E-state index contributed by atoms with van der Waals surface area (Å²) in [5, 5.41) is 6.85. The van der Waals surface area contributed by atoms with Gasteiger partial charge in [-0.3, -0.25) is 9.78 Å². The van der Waals surface area contributed by atoms with Crippen LogP contribution in [-0.4, -0.2) is 21.9 Å². The third kappa shape index (κ3) is 3.90. The topological polar surface area (TPSA) is 66.9 Å². The SMILES string of the molecule is C=C=C(Nc1cccc(C)n1)C12CC3CC(NC(=O)c4ccccn4)CC(C1)C(C3)C2. The first-order chi connectivity index (χ1) is 15.0. The van der Waals surface area contributed by atoms with Crippen LogP contribution in [0.5, 0.6) is 0 Å². The lowest BCUT2D eigenvalue weighted by Gasteiger charge is -2.40. The fourth-order valence-corrected chi connectivity index (χ4v) is 6.53. The highest BCUT2D eigenvalue weighted by atomic mass is 16.1. The molecule has 3 saturated carbocycles. The molecule has 3 bridgehead atoms. The van der Waals surface area contributed by atoms with E-state index in [-0.39, 0.29) is 17.4 Å². The monoisotopic (exact) mass is 414 g/mol. The quantitative estimate of drug-likeness (QED) is 0.684. The minimum Gasteiger partial charge on any atom is -0.348 e. The molecular weight excluding hydrogens is 384 g/mol. The summed E-state index contributed by atoms with van der Waals surface area (Å²) >= 11 is 0. The van der Waals surface area contributed by atoms with Crippen LogP contribution in [0, 0.1) is 30.1 Å². The second kappa shape index (κ2) is 7.97. The van der Waals surface area contributed by atoms with Crippen LogP contribution in [0.4, 0.5) is 5.82 Å². The van der Waals surface area contributed by atoms with Crippen LogP contribution >= 0.6 is 0 Å². The molecule has 5 heteroatoms. The van der Waals surface area contributed by atoms with Crippen molar-refractivity contribution in [1.82, 2.24) is 15.3 Å². The Morgan fingerprint density at radius 1 is 1.10 bits per heavy atom. The molecule has 31 heavy (non-hydrogen) atoms. The van der Waals surface area contributed by atoms with Crippen molar-refractivity contribution >= 4 is 11.7 Å². The van der Waals surface area contributed by atoms with E-state index in [1.807, 2.05) is 37.3 Å². The third-order valence-electron chi connectivity index (χ3n) is 7.57. The van der Waals surface area contributed by atoms with E-state index in [1.165, 1.54) is 12.8 Å². The summed E-state index contributed by atoms with van der Waals surface area (Å²) < 4.78 is 0. The molecule has 2 heterocycles. The number of allylic oxidation sites excluding steroid dienone is 1. The number of anilines is 1. The molecule has 5 nitrogen and oxygen atoms in total. The lowest BCUT2D eigenvalue weighted by atomic mass is 9.67. The van der Waals surface area contributed by atoms with Gasteiger partial charge >= 0.3 is 0 Å². The molecule has 2 N–H and O–H groups in total. The maximum atomic E-state index is 12.7. The second-order valence-corrected chi connectivity index (χ2v) is 9.71. The van der Waals surface area contributed by atoms with Gasteiger partial charge in [-0.05, 0) is 87.5 Å². The normalized spacial score (nSPS) is 30.9. The van der Waals surface area contributed by atoms with E-state index in [0.717, 1.165) is 42.9 Å². The number of carbonyl (C=O) groups excluding carboxylic acids is 1. The molecule has 3 fully saturated rings. The first-order valence-electron chi connectivity index (χ1n) is 11.4. The predicted molar refractivity (Wildman–Crippen MR) is 121 cm³/mol. The van der Waals surface area contributed by atoms with Gasteiger partial charge in [0.25, 0.3) is 5.91 Å². The molecule has 0 aromatic carbocycles. The zero-order chi connectivity index (χ0) is 21.4. The molecule has 3 aliphatic rings. The van der Waals surface area contributed by atoms with Crippen LogP contribution in [0.15, 0.2) is 60.6 Å². The van der Waals surface area contributed by atoms with E-state index in [0.29, 0.717) is 23.4 Å². The molecule has 5 atom stereocenters. The van der Waals surface area contributed by atoms with E-state index in [1.54, 1.807) is 12.3 Å². The number of aromatic nitrogens is 2. The Balaban J connectivity index is 1.32. The number of nitrogens with one attached hydrogen (secondary N) is 2. The van der Waals surface area contributed by atoms with Crippen molar-refractivity contribution in [3.05, 3.63) is 72.0 Å². The van der Waals surface area contributed by atoms with Crippen LogP contribution in [0.2, 0.25) is 0 Å². The van der Waals surface area contributed by atoms with E-state index >= 15 is 0 Å². The number of pyridine rings is 2. The fraction of sp³-hybridized carbons (Fsp3) is 0.462. The standard InChI is InChI=1S/C26H30N4O/c1-3-23(30-24-9-6-7-17(2)28-24)26-14-18-11-19(15-26)20(16-26)13-21(12-18)29-25(31)22-8-4-5-10-27-22/h4-10,18-21H,1,11-16H2,2H3,(H,28,30)(H,29,31). The Bertz CT molecular complexity index is 1020. The van der Waals surface area contributed by atoms with Gasteiger partial charge in [0, 0.05) is 23.3 Å². The lowest BCUT2D eigenvalue weighted by Crippen LogP contribution is -2.39. The molecule has 3 aliphatic carbocycles. The van der Waals surface area contributed by atoms with Crippen molar-refractivity contribution < 1.29 is 4.79 Å². The largest absolute Gasteiger partial charge is 0.348 e. The fourth-order valence-electron chi connectivity index (χ4n) is 6.53. The van der Waals surface area contributed by atoms with Crippen molar-refractivity contribution in [3.63, 3.8) is 0 Å². The van der Waals surface area contributed by atoms with Crippen LogP contribution < -0.4 is 10.6 Å². The van der Waals surface area contributed by atoms with Gasteiger partial charge in [0.05, 0.1) is 5.70 Å². The Kier molecular flexibility index (Phi) is 5.15. The number of carbonyl (C=O) groups is 1. The summed E-state index contributed by atoms with van der Waals surface area (Å²) in [4.78, 5) is 21.5. The van der Waals surface area contributed by atoms with Gasteiger partial charge in [-0.15, -0.1) is 5.73 Å². The Morgan fingerprint density at radius 3 is 2.68 bits per heavy atom. The summed E-state index contributed by atoms with van der Waals surface area (Å²) in [6, 6.07) is 11.8. The van der Waals surface area contributed by atoms with E-state index in [4.69, 9.17) is 0 Å².